The molecular weight excluding hydrogens is 386 g/mol. The van der Waals surface area contributed by atoms with E-state index in [2.05, 4.69) is 5.32 Å². The van der Waals surface area contributed by atoms with Gasteiger partial charge in [-0.2, -0.15) is 0 Å². The van der Waals surface area contributed by atoms with Gasteiger partial charge in [0.15, 0.2) is 0 Å². The molecule has 1 atom stereocenters. The van der Waals surface area contributed by atoms with Gasteiger partial charge in [-0.15, -0.1) is 0 Å². The smallest absolute Gasteiger partial charge is 0.293 e. The maximum Gasteiger partial charge on any atom is 0.293 e. The Morgan fingerprint density at radius 3 is 2.77 bits per heavy atom. The van der Waals surface area contributed by atoms with Crippen LogP contribution in [-0.4, -0.2) is 36.6 Å². The van der Waals surface area contributed by atoms with Crippen LogP contribution in [0.3, 0.4) is 0 Å². The van der Waals surface area contributed by atoms with Gasteiger partial charge in [0, 0.05) is 42.8 Å². The molecular formula is C22H25N3O5. The molecule has 0 bridgehead atoms. The minimum absolute atomic E-state index is 0.0549. The first kappa shape index (κ1) is 20.0. The van der Waals surface area contributed by atoms with E-state index in [0.717, 1.165) is 43.7 Å². The standard InChI is InChI=1S/C22H25N3O5/c1-3-29-21-12-16-10-14(2)30-20(16)13-17(21)23-22(26)15-6-7-18(19(11-15)25(27)28)24-8-4-5-9-24/h6-7,11-14H,3-5,8-10H2,1-2H3,(H,23,26). The fourth-order valence-corrected chi connectivity index (χ4v) is 4.04. The zero-order valence-electron chi connectivity index (χ0n) is 17.1. The molecule has 1 N–H and O–H groups in total. The van der Waals surface area contributed by atoms with Crippen molar-refractivity contribution in [3.8, 4) is 11.5 Å². The molecule has 0 aliphatic carbocycles. The monoisotopic (exact) mass is 411 g/mol. The molecule has 0 spiro atoms. The van der Waals surface area contributed by atoms with Crippen molar-refractivity contribution in [3.63, 3.8) is 0 Å². The number of hydrogen-bond donors (Lipinski definition) is 1. The molecule has 30 heavy (non-hydrogen) atoms. The molecule has 0 aromatic heterocycles. The predicted molar refractivity (Wildman–Crippen MR) is 114 cm³/mol. The summed E-state index contributed by atoms with van der Waals surface area (Å²) < 4.78 is 11.5. The summed E-state index contributed by atoms with van der Waals surface area (Å²) in [4.78, 5) is 26.1. The summed E-state index contributed by atoms with van der Waals surface area (Å²) in [5.41, 5.74) is 2.25. The van der Waals surface area contributed by atoms with E-state index < -0.39 is 10.8 Å². The van der Waals surface area contributed by atoms with Crippen molar-refractivity contribution in [2.24, 2.45) is 0 Å². The van der Waals surface area contributed by atoms with Crippen molar-refractivity contribution in [3.05, 3.63) is 51.6 Å². The summed E-state index contributed by atoms with van der Waals surface area (Å²) in [5, 5.41) is 14.5. The third-order valence-electron chi connectivity index (χ3n) is 5.43. The van der Waals surface area contributed by atoms with E-state index in [1.54, 1.807) is 18.2 Å². The molecule has 4 rings (SSSR count). The predicted octanol–water partition coefficient (Wildman–Crippen LogP) is 4.17. The Kier molecular flexibility index (Phi) is 5.48. The highest BCUT2D eigenvalue weighted by atomic mass is 16.6. The molecule has 2 aliphatic heterocycles. The summed E-state index contributed by atoms with van der Waals surface area (Å²) >= 11 is 0. The number of nitro benzene ring substituents is 1. The van der Waals surface area contributed by atoms with Gasteiger partial charge in [-0.3, -0.25) is 14.9 Å². The SMILES string of the molecule is CCOc1cc2c(cc1NC(=O)c1ccc(N3CCCC3)c([N+](=O)[O-])c1)OC(C)C2. The average Bonchev–Trinajstić information content (AvgIpc) is 3.36. The molecule has 8 nitrogen and oxygen atoms in total. The highest BCUT2D eigenvalue weighted by Gasteiger charge is 2.25. The molecule has 1 unspecified atom stereocenters. The highest BCUT2D eigenvalue weighted by Crippen LogP contribution is 2.38. The summed E-state index contributed by atoms with van der Waals surface area (Å²) in [6.45, 7) is 5.89. The lowest BCUT2D eigenvalue weighted by atomic mass is 10.1. The molecule has 1 fully saturated rings. The third kappa shape index (κ3) is 3.90. The van der Waals surface area contributed by atoms with Crippen molar-refractivity contribution in [2.75, 3.05) is 29.9 Å². The van der Waals surface area contributed by atoms with E-state index in [4.69, 9.17) is 9.47 Å². The number of anilines is 2. The minimum Gasteiger partial charge on any atom is -0.492 e. The number of rotatable bonds is 6. The third-order valence-corrected chi connectivity index (χ3v) is 5.43. The van der Waals surface area contributed by atoms with Crippen molar-refractivity contribution in [1.82, 2.24) is 0 Å². The van der Waals surface area contributed by atoms with Crippen LogP contribution in [0.25, 0.3) is 0 Å². The number of amides is 1. The van der Waals surface area contributed by atoms with Gasteiger partial charge in [0.05, 0.1) is 17.2 Å². The molecule has 1 saturated heterocycles. The molecule has 2 heterocycles. The van der Waals surface area contributed by atoms with Gasteiger partial charge in [-0.25, -0.2) is 0 Å². The highest BCUT2D eigenvalue weighted by molar-refractivity contribution is 6.06. The van der Waals surface area contributed by atoms with E-state index in [-0.39, 0.29) is 17.4 Å². The topological polar surface area (TPSA) is 93.9 Å². The van der Waals surface area contributed by atoms with Crippen molar-refractivity contribution < 1.29 is 19.2 Å². The first-order valence-electron chi connectivity index (χ1n) is 10.3. The average molecular weight is 411 g/mol. The van der Waals surface area contributed by atoms with Gasteiger partial charge in [0.1, 0.15) is 23.3 Å². The van der Waals surface area contributed by atoms with Crippen LogP contribution in [-0.2, 0) is 6.42 Å². The Hall–Kier alpha value is -3.29. The van der Waals surface area contributed by atoms with Crippen LogP contribution in [0.4, 0.5) is 17.1 Å². The van der Waals surface area contributed by atoms with Crippen LogP contribution >= 0.6 is 0 Å². The van der Waals surface area contributed by atoms with Crippen LogP contribution < -0.4 is 19.7 Å². The number of carbonyl (C=O) groups is 1. The Balaban J connectivity index is 1.62. The molecule has 0 radical (unpaired) electrons. The number of nitro groups is 1. The van der Waals surface area contributed by atoms with Crippen LogP contribution in [0.2, 0.25) is 0 Å². The van der Waals surface area contributed by atoms with E-state index in [1.807, 2.05) is 24.8 Å². The molecule has 8 heteroatoms. The minimum atomic E-state index is -0.432. The van der Waals surface area contributed by atoms with E-state index >= 15 is 0 Å². The number of carbonyl (C=O) groups excluding carboxylic acids is 1. The number of benzene rings is 2. The fourth-order valence-electron chi connectivity index (χ4n) is 4.04. The van der Waals surface area contributed by atoms with Gasteiger partial charge in [0.25, 0.3) is 11.6 Å². The number of nitrogens with zero attached hydrogens (tertiary/aromatic N) is 2. The van der Waals surface area contributed by atoms with E-state index in [1.165, 1.54) is 6.07 Å². The number of ether oxygens (including phenoxy) is 2. The second-order valence-electron chi connectivity index (χ2n) is 7.63. The van der Waals surface area contributed by atoms with Crippen molar-refractivity contribution >= 4 is 23.0 Å². The second kappa shape index (κ2) is 8.22. The first-order valence-corrected chi connectivity index (χ1v) is 10.3. The van der Waals surface area contributed by atoms with Gasteiger partial charge in [-0.05, 0) is 44.9 Å². The van der Waals surface area contributed by atoms with Crippen LogP contribution in [0, 0.1) is 10.1 Å². The molecule has 158 valence electrons. The first-order chi connectivity index (χ1) is 14.5. The Morgan fingerprint density at radius 2 is 2.07 bits per heavy atom. The number of nitrogens with one attached hydrogen (secondary N) is 1. The van der Waals surface area contributed by atoms with Crippen LogP contribution in [0.15, 0.2) is 30.3 Å². The van der Waals surface area contributed by atoms with Gasteiger partial charge < -0.3 is 19.7 Å². The summed E-state index contributed by atoms with van der Waals surface area (Å²) in [5.74, 6) is 0.847. The summed E-state index contributed by atoms with van der Waals surface area (Å²) in [7, 11) is 0. The zero-order valence-corrected chi connectivity index (χ0v) is 17.1. The quantitative estimate of drug-likeness (QED) is 0.566. The Bertz CT molecular complexity index is 985. The van der Waals surface area contributed by atoms with Crippen molar-refractivity contribution in [2.45, 2.75) is 39.2 Å². The zero-order chi connectivity index (χ0) is 21.3. The largest absolute Gasteiger partial charge is 0.492 e. The van der Waals surface area contributed by atoms with Crippen LogP contribution in [0.1, 0.15) is 42.6 Å². The maximum atomic E-state index is 12.9. The molecule has 0 saturated carbocycles. The molecule has 2 aliphatic rings. The number of hydrogen-bond acceptors (Lipinski definition) is 6. The normalized spacial score (nSPS) is 17.4. The lowest BCUT2D eigenvalue weighted by Crippen LogP contribution is -2.20. The summed E-state index contributed by atoms with van der Waals surface area (Å²) in [6, 6.07) is 8.28. The maximum absolute atomic E-state index is 12.9. The Morgan fingerprint density at radius 1 is 1.30 bits per heavy atom. The molecule has 1 amide bonds. The van der Waals surface area contributed by atoms with Gasteiger partial charge in [0.2, 0.25) is 0 Å². The second-order valence-corrected chi connectivity index (χ2v) is 7.63. The lowest BCUT2D eigenvalue weighted by molar-refractivity contribution is -0.384. The molecule has 2 aromatic carbocycles. The Labute approximate surface area is 174 Å². The van der Waals surface area contributed by atoms with Gasteiger partial charge >= 0.3 is 0 Å². The lowest BCUT2D eigenvalue weighted by Gasteiger charge is -2.18. The number of fused-ring (bicyclic) bond motifs is 1. The summed E-state index contributed by atoms with van der Waals surface area (Å²) in [6.07, 6.45) is 2.88. The van der Waals surface area contributed by atoms with E-state index in [9.17, 15) is 14.9 Å². The van der Waals surface area contributed by atoms with Crippen LogP contribution in [0.5, 0.6) is 11.5 Å². The fraction of sp³-hybridized carbons (Fsp3) is 0.409. The van der Waals surface area contributed by atoms with E-state index in [0.29, 0.717) is 23.7 Å². The van der Waals surface area contributed by atoms with Crippen molar-refractivity contribution in [1.29, 1.82) is 0 Å². The molecule has 2 aromatic rings. The van der Waals surface area contributed by atoms with Gasteiger partial charge in [-0.1, -0.05) is 0 Å².